The van der Waals surface area contributed by atoms with Crippen molar-refractivity contribution in [3.8, 4) is 0 Å². The molecule has 0 aromatic heterocycles. The van der Waals surface area contributed by atoms with Gasteiger partial charge in [0.2, 0.25) is 0 Å². The van der Waals surface area contributed by atoms with Crippen molar-refractivity contribution in [1.29, 1.82) is 0 Å². The fraction of sp³-hybridized carbons (Fsp3) is 1.00. The lowest BCUT2D eigenvalue weighted by Gasteiger charge is -2.10. The van der Waals surface area contributed by atoms with Crippen molar-refractivity contribution >= 4 is 0 Å². The van der Waals surface area contributed by atoms with Crippen LogP contribution in [0.2, 0.25) is 0 Å². The van der Waals surface area contributed by atoms with E-state index in [1.165, 1.54) is 0 Å². The standard InChI is InChI=1S/C8H14O/c1-8(2)6-3-5(9)4-7(6)8/h5-7,9H,3-4H2,1-2H3/t5?,6-,7+. The van der Waals surface area contributed by atoms with Gasteiger partial charge >= 0.3 is 0 Å². The highest BCUT2D eigenvalue weighted by Gasteiger charge is 2.61. The summed E-state index contributed by atoms with van der Waals surface area (Å²) in [6.45, 7) is 4.63. The largest absolute Gasteiger partial charge is 0.393 e. The van der Waals surface area contributed by atoms with Gasteiger partial charge < -0.3 is 5.11 Å². The summed E-state index contributed by atoms with van der Waals surface area (Å²) in [4.78, 5) is 0. The van der Waals surface area contributed by atoms with E-state index in [1.807, 2.05) is 0 Å². The smallest absolute Gasteiger partial charge is 0.0546 e. The molecule has 0 aromatic carbocycles. The van der Waals surface area contributed by atoms with Crippen LogP contribution in [0.15, 0.2) is 0 Å². The Kier molecular flexibility index (Phi) is 0.852. The second-order valence-corrected chi connectivity index (χ2v) is 4.16. The van der Waals surface area contributed by atoms with Crippen LogP contribution in [0, 0.1) is 17.3 Å². The molecule has 1 N–H and O–H groups in total. The van der Waals surface area contributed by atoms with Gasteiger partial charge in [-0.3, -0.25) is 0 Å². The van der Waals surface area contributed by atoms with Crippen LogP contribution in [0.3, 0.4) is 0 Å². The van der Waals surface area contributed by atoms with Gasteiger partial charge in [0, 0.05) is 0 Å². The van der Waals surface area contributed by atoms with Crippen LogP contribution in [0.1, 0.15) is 26.7 Å². The fourth-order valence-corrected chi connectivity index (χ4v) is 2.48. The summed E-state index contributed by atoms with van der Waals surface area (Å²) in [7, 11) is 0. The van der Waals surface area contributed by atoms with E-state index in [0.717, 1.165) is 24.7 Å². The first-order valence-corrected chi connectivity index (χ1v) is 3.80. The van der Waals surface area contributed by atoms with Crippen molar-refractivity contribution in [3.63, 3.8) is 0 Å². The second kappa shape index (κ2) is 1.34. The summed E-state index contributed by atoms with van der Waals surface area (Å²) in [5.74, 6) is 1.71. The molecule has 0 aromatic rings. The average molecular weight is 126 g/mol. The van der Waals surface area contributed by atoms with Crippen molar-refractivity contribution in [2.24, 2.45) is 17.3 Å². The first kappa shape index (κ1) is 5.72. The van der Waals surface area contributed by atoms with E-state index in [4.69, 9.17) is 5.11 Å². The lowest BCUT2D eigenvalue weighted by molar-refractivity contribution is 0.151. The maximum atomic E-state index is 9.16. The molecule has 2 rings (SSSR count). The SMILES string of the molecule is CC1(C)[C@@H]2CC(O)C[C@@H]21. The zero-order chi connectivity index (χ0) is 6.65. The lowest BCUT2D eigenvalue weighted by Crippen LogP contribution is -2.08. The maximum Gasteiger partial charge on any atom is 0.0546 e. The van der Waals surface area contributed by atoms with Crippen LogP contribution in [-0.2, 0) is 0 Å². The molecule has 2 aliphatic rings. The van der Waals surface area contributed by atoms with E-state index in [-0.39, 0.29) is 6.10 Å². The predicted octanol–water partition coefficient (Wildman–Crippen LogP) is 1.41. The second-order valence-electron chi connectivity index (χ2n) is 4.16. The lowest BCUT2D eigenvalue weighted by atomic mass is 9.99. The fourth-order valence-electron chi connectivity index (χ4n) is 2.48. The third-order valence-electron chi connectivity index (χ3n) is 3.34. The van der Waals surface area contributed by atoms with Gasteiger partial charge in [0.05, 0.1) is 6.10 Å². The molecule has 0 bridgehead atoms. The van der Waals surface area contributed by atoms with Crippen molar-refractivity contribution < 1.29 is 5.11 Å². The van der Waals surface area contributed by atoms with Gasteiger partial charge in [0.25, 0.3) is 0 Å². The van der Waals surface area contributed by atoms with Crippen molar-refractivity contribution in [3.05, 3.63) is 0 Å². The van der Waals surface area contributed by atoms with E-state index in [9.17, 15) is 0 Å². The molecular weight excluding hydrogens is 112 g/mol. The van der Waals surface area contributed by atoms with Gasteiger partial charge in [-0.1, -0.05) is 13.8 Å². The zero-order valence-corrected chi connectivity index (χ0v) is 6.09. The summed E-state index contributed by atoms with van der Waals surface area (Å²) < 4.78 is 0. The molecule has 1 heteroatoms. The monoisotopic (exact) mass is 126 g/mol. The van der Waals surface area contributed by atoms with Gasteiger partial charge in [-0.15, -0.1) is 0 Å². The summed E-state index contributed by atoms with van der Waals surface area (Å²) in [5.41, 5.74) is 0.583. The van der Waals surface area contributed by atoms with E-state index in [1.54, 1.807) is 0 Å². The Labute approximate surface area is 56.1 Å². The molecule has 52 valence electrons. The molecule has 0 heterocycles. The Bertz CT molecular complexity index is 126. The molecule has 2 fully saturated rings. The third kappa shape index (κ3) is 0.586. The summed E-state index contributed by atoms with van der Waals surface area (Å²) in [5, 5.41) is 9.16. The first-order chi connectivity index (χ1) is 4.12. The van der Waals surface area contributed by atoms with Crippen LogP contribution in [0.5, 0.6) is 0 Å². The maximum absolute atomic E-state index is 9.16. The first-order valence-electron chi connectivity index (χ1n) is 3.80. The summed E-state index contributed by atoms with van der Waals surface area (Å²) in [6, 6.07) is 0. The minimum Gasteiger partial charge on any atom is -0.393 e. The molecule has 2 aliphatic carbocycles. The van der Waals surface area contributed by atoms with Gasteiger partial charge in [0.1, 0.15) is 0 Å². The number of fused-ring (bicyclic) bond motifs is 1. The van der Waals surface area contributed by atoms with Crippen LogP contribution in [-0.4, -0.2) is 11.2 Å². The quantitative estimate of drug-likeness (QED) is 0.520. The number of aliphatic hydroxyl groups excluding tert-OH is 1. The van der Waals surface area contributed by atoms with E-state index in [2.05, 4.69) is 13.8 Å². The topological polar surface area (TPSA) is 20.2 Å². The average Bonchev–Trinajstić information content (AvgIpc) is 2.27. The van der Waals surface area contributed by atoms with Gasteiger partial charge in [-0.05, 0) is 30.1 Å². The van der Waals surface area contributed by atoms with Gasteiger partial charge in [0.15, 0.2) is 0 Å². The van der Waals surface area contributed by atoms with E-state index >= 15 is 0 Å². The molecular formula is C8H14O. The van der Waals surface area contributed by atoms with Crippen LogP contribution < -0.4 is 0 Å². The molecule has 9 heavy (non-hydrogen) atoms. The van der Waals surface area contributed by atoms with E-state index < -0.39 is 0 Å². The number of hydrogen-bond acceptors (Lipinski definition) is 1. The Balaban J connectivity index is 2.06. The number of aliphatic hydroxyl groups is 1. The van der Waals surface area contributed by atoms with Crippen LogP contribution >= 0.6 is 0 Å². The number of hydrogen-bond donors (Lipinski definition) is 1. The molecule has 3 atom stereocenters. The molecule has 0 saturated heterocycles. The highest BCUT2D eigenvalue weighted by atomic mass is 16.3. The zero-order valence-electron chi connectivity index (χ0n) is 6.09. The summed E-state index contributed by atoms with van der Waals surface area (Å²) >= 11 is 0. The highest BCUT2D eigenvalue weighted by Crippen LogP contribution is 2.66. The Hall–Kier alpha value is -0.0400. The Morgan fingerprint density at radius 1 is 1.22 bits per heavy atom. The van der Waals surface area contributed by atoms with Crippen molar-refractivity contribution in [2.45, 2.75) is 32.8 Å². The van der Waals surface area contributed by atoms with E-state index in [0.29, 0.717) is 5.41 Å². The molecule has 1 unspecified atom stereocenters. The molecule has 0 spiro atoms. The van der Waals surface area contributed by atoms with Crippen molar-refractivity contribution in [2.75, 3.05) is 0 Å². The van der Waals surface area contributed by atoms with Gasteiger partial charge in [-0.25, -0.2) is 0 Å². The predicted molar refractivity (Wildman–Crippen MR) is 36.0 cm³/mol. The van der Waals surface area contributed by atoms with Gasteiger partial charge in [-0.2, -0.15) is 0 Å². The molecule has 0 radical (unpaired) electrons. The Morgan fingerprint density at radius 3 is 2.00 bits per heavy atom. The molecule has 0 aliphatic heterocycles. The molecule has 2 saturated carbocycles. The molecule has 1 nitrogen and oxygen atoms in total. The summed E-state index contributed by atoms with van der Waals surface area (Å²) in [6.07, 6.45) is 2.17. The minimum absolute atomic E-state index is 0.0352. The Morgan fingerprint density at radius 2 is 1.67 bits per heavy atom. The van der Waals surface area contributed by atoms with Crippen LogP contribution in [0.4, 0.5) is 0 Å². The van der Waals surface area contributed by atoms with Crippen LogP contribution in [0.25, 0.3) is 0 Å². The van der Waals surface area contributed by atoms with Crippen molar-refractivity contribution in [1.82, 2.24) is 0 Å². The highest BCUT2D eigenvalue weighted by molar-refractivity contribution is 5.10. The third-order valence-corrected chi connectivity index (χ3v) is 3.34. The minimum atomic E-state index is 0.0352. The number of rotatable bonds is 0. The normalized spacial score (nSPS) is 53.0. The molecule has 0 amide bonds.